The van der Waals surface area contributed by atoms with Gasteiger partial charge in [0.25, 0.3) is 0 Å². The molecule has 1 aliphatic heterocycles. The number of rotatable bonds is 3. The lowest BCUT2D eigenvalue weighted by molar-refractivity contribution is 0.0732. The molecule has 1 aliphatic rings. The standard InChI is InChI=1S/C15H19ClN2O/c1-11-15(10-16,7-8-19-11)9-13-12-5-3-4-6-14(12)18(2)17-13/h3-6,11H,7-10H2,1-2H3. The van der Waals surface area contributed by atoms with Gasteiger partial charge < -0.3 is 4.74 Å². The summed E-state index contributed by atoms with van der Waals surface area (Å²) in [6.45, 7) is 2.93. The average Bonchev–Trinajstić information content (AvgIpc) is 2.94. The molecule has 1 saturated heterocycles. The Kier molecular flexibility index (Phi) is 3.27. The number of halogens is 1. The highest BCUT2D eigenvalue weighted by atomic mass is 35.5. The average molecular weight is 279 g/mol. The maximum absolute atomic E-state index is 6.25. The molecule has 3 nitrogen and oxygen atoms in total. The minimum Gasteiger partial charge on any atom is -0.378 e. The van der Waals surface area contributed by atoms with E-state index in [1.807, 2.05) is 17.8 Å². The van der Waals surface area contributed by atoms with Gasteiger partial charge in [0.05, 0.1) is 17.3 Å². The molecule has 2 atom stereocenters. The largest absolute Gasteiger partial charge is 0.378 e. The summed E-state index contributed by atoms with van der Waals surface area (Å²) in [4.78, 5) is 0. The number of ether oxygens (including phenoxy) is 1. The lowest BCUT2D eigenvalue weighted by Crippen LogP contribution is -2.33. The van der Waals surface area contributed by atoms with Crippen molar-refractivity contribution >= 4 is 22.5 Å². The number of para-hydroxylation sites is 1. The van der Waals surface area contributed by atoms with Crippen LogP contribution in [0.1, 0.15) is 19.0 Å². The Bertz CT molecular complexity index is 595. The molecule has 2 aromatic rings. The first-order valence-corrected chi connectivity index (χ1v) is 7.28. The van der Waals surface area contributed by atoms with Gasteiger partial charge in [-0.3, -0.25) is 4.68 Å². The molecule has 0 N–H and O–H groups in total. The monoisotopic (exact) mass is 278 g/mol. The summed E-state index contributed by atoms with van der Waals surface area (Å²) >= 11 is 6.25. The first kappa shape index (κ1) is 12.9. The van der Waals surface area contributed by atoms with Gasteiger partial charge in [-0.1, -0.05) is 18.2 Å². The SMILES string of the molecule is CC1OCCC1(CCl)Cc1nn(C)c2ccccc12. The number of fused-ring (bicyclic) bond motifs is 1. The molecule has 2 unspecified atom stereocenters. The summed E-state index contributed by atoms with van der Waals surface area (Å²) in [5, 5.41) is 5.91. The fourth-order valence-corrected chi connectivity index (χ4v) is 3.47. The van der Waals surface area contributed by atoms with E-state index in [0.717, 1.165) is 25.1 Å². The number of aromatic nitrogens is 2. The molecule has 0 amide bonds. The number of hydrogen-bond donors (Lipinski definition) is 0. The van der Waals surface area contributed by atoms with E-state index < -0.39 is 0 Å². The van der Waals surface area contributed by atoms with Crippen molar-refractivity contribution in [2.45, 2.75) is 25.9 Å². The molecule has 0 radical (unpaired) electrons. The molecule has 1 aromatic heterocycles. The summed E-state index contributed by atoms with van der Waals surface area (Å²) in [5.41, 5.74) is 2.34. The second-order valence-electron chi connectivity index (χ2n) is 5.52. The summed E-state index contributed by atoms with van der Waals surface area (Å²) < 4.78 is 7.68. The van der Waals surface area contributed by atoms with Crippen LogP contribution in [0, 0.1) is 5.41 Å². The molecular weight excluding hydrogens is 260 g/mol. The van der Waals surface area contributed by atoms with E-state index in [4.69, 9.17) is 16.3 Å². The number of hydrogen-bond acceptors (Lipinski definition) is 2. The number of alkyl halides is 1. The van der Waals surface area contributed by atoms with Gasteiger partial charge in [0.15, 0.2) is 0 Å². The Morgan fingerprint density at radius 3 is 2.95 bits per heavy atom. The van der Waals surface area contributed by atoms with Crippen molar-refractivity contribution in [2.75, 3.05) is 12.5 Å². The van der Waals surface area contributed by atoms with Gasteiger partial charge in [-0.15, -0.1) is 11.6 Å². The minimum absolute atomic E-state index is 0.0265. The number of aryl methyl sites for hydroxylation is 1. The third kappa shape index (κ3) is 2.05. The number of benzene rings is 1. The fraction of sp³-hybridized carbons (Fsp3) is 0.533. The van der Waals surface area contributed by atoms with E-state index in [1.165, 1.54) is 10.9 Å². The van der Waals surface area contributed by atoms with Crippen LogP contribution in [0.3, 0.4) is 0 Å². The van der Waals surface area contributed by atoms with Crippen LogP contribution in [-0.2, 0) is 18.2 Å². The lowest BCUT2D eigenvalue weighted by Gasteiger charge is -2.29. The Morgan fingerprint density at radius 2 is 2.26 bits per heavy atom. The molecule has 0 aliphatic carbocycles. The van der Waals surface area contributed by atoms with E-state index in [9.17, 15) is 0 Å². The summed E-state index contributed by atoms with van der Waals surface area (Å²) in [6.07, 6.45) is 2.10. The van der Waals surface area contributed by atoms with E-state index in [0.29, 0.717) is 5.88 Å². The molecule has 102 valence electrons. The van der Waals surface area contributed by atoms with Gasteiger partial charge in [0.2, 0.25) is 0 Å². The van der Waals surface area contributed by atoms with E-state index >= 15 is 0 Å². The van der Waals surface area contributed by atoms with Crippen molar-refractivity contribution in [2.24, 2.45) is 12.5 Å². The molecule has 0 spiro atoms. The van der Waals surface area contributed by atoms with Gasteiger partial charge in [-0.2, -0.15) is 5.10 Å². The molecule has 3 rings (SSSR count). The zero-order valence-electron chi connectivity index (χ0n) is 11.4. The van der Waals surface area contributed by atoms with Crippen molar-refractivity contribution in [3.05, 3.63) is 30.0 Å². The Morgan fingerprint density at radius 1 is 1.47 bits per heavy atom. The maximum atomic E-state index is 6.25. The summed E-state index contributed by atoms with van der Waals surface area (Å²) in [5.74, 6) is 0.624. The van der Waals surface area contributed by atoms with Crippen LogP contribution in [-0.4, -0.2) is 28.4 Å². The van der Waals surface area contributed by atoms with Crippen LogP contribution in [0.25, 0.3) is 10.9 Å². The summed E-state index contributed by atoms with van der Waals surface area (Å²) in [6, 6.07) is 8.36. The van der Waals surface area contributed by atoms with Crippen molar-refractivity contribution in [3.8, 4) is 0 Å². The molecule has 4 heteroatoms. The predicted octanol–water partition coefficient (Wildman–Crippen LogP) is 3.15. The molecule has 19 heavy (non-hydrogen) atoms. The molecular formula is C15H19ClN2O. The van der Waals surface area contributed by atoms with E-state index in [-0.39, 0.29) is 11.5 Å². The fourth-order valence-electron chi connectivity index (χ4n) is 3.03. The first-order valence-electron chi connectivity index (χ1n) is 6.74. The minimum atomic E-state index is 0.0265. The van der Waals surface area contributed by atoms with E-state index in [1.54, 1.807) is 0 Å². The molecule has 1 fully saturated rings. The Hall–Kier alpha value is -1.06. The van der Waals surface area contributed by atoms with Crippen LogP contribution in [0.15, 0.2) is 24.3 Å². The zero-order valence-corrected chi connectivity index (χ0v) is 12.2. The molecule has 0 bridgehead atoms. The van der Waals surface area contributed by atoms with Crippen LogP contribution < -0.4 is 0 Å². The van der Waals surface area contributed by atoms with Crippen LogP contribution in [0.2, 0.25) is 0 Å². The normalized spacial score (nSPS) is 27.2. The summed E-state index contributed by atoms with van der Waals surface area (Å²) in [7, 11) is 1.99. The van der Waals surface area contributed by atoms with Gasteiger partial charge in [0, 0.05) is 36.8 Å². The van der Waals surface area contributed by atoms with Gasteiger partial charge in [-0.05, 0) is 19.4 Å². The van der Waals surface area contributed by atoms with Crippen molar-refractivity contribution in [1.82, 2.24) is 9.78 Å². The second kappa shape index (κ2) is 4.80. The second-order valence-corrected chi connectivity index (χ2v) is 5.79. The quantitative estimate of drug-likeness (QED) is 0.807. The van der Waals surface area contributed by atoms with Gasteiger partial charge in [-0.25, -0.2) is 0 Å². The first-order chi connectivity index (χ1) is 9.16. The van der Waals surface area contributed by atoms with Crippen molar-refractivity contribution in [1.29, 1.82) is 0 Å². The maximum Gasteiger partial charge on any atom is 0.0710 e. The molecule has 2 heterocycles. The smallest absolute Gasteiger partial charge is 0.0710 e. The predicted molar refractivity (Wildman–Crippen MR) is 77.6 cm³/mol. The van der Waals surface area contributed by atoms with Crippen molar-refractivity contribution < 1.29 is 4.74 Å². The third-order valence-corrected chi connectivity index (χ3v) is 4.98. The molecule has 1 aromatic carbocycles. The lowest BCUT2D eigenvalue weighted by atomic mass is 9.79. The topological polar surface area (TPSA) is 27.1 Å². The highest BCUT2D eigenvalue weighted by Crippen LogP contribution is 2.40. The highest BCUT2D eigenvalue weighted by Gasteiger charge is 2.41. The van der Waals surface area contributed by atoms with Gasteiger partial charge >= 0.3 is 0 Å². The molecule has 0 saturated carbocycles. The van der Waals surface area contributed by atoms with Crippen LogP contribution in [0.5, 0.6) is 0 Å². The number of nitrogens with zero attached hydrogens (tertiary/aromatic N) is 2. The van der Waals surface area contributed by atoms with Crippen molar-refractivity contribution in [3.63, 3.8) is 0 Å². The van der Waals surface area contributed by atoms with Gasteiger partial charge in [0.1, 0.15) is 0 Å². The highest BCUT2D eigenvalue weighted by molar-refractivity contribution is 6.18. The zero-order chi connectivity index (χ0) is 13.5. The Labute approximate surface area is 118 Å². The Balaban J connectivity index is 2.01. The van der Waals surface area contributed by atoms with Crippen LogP contribution >= 0.6 is 11.6 Å². The third-order valence-electron chi connectivity index (χ3n) is 4.45. The van der Waals surface area contributed by atoms with Crippen LogP contribution in [0.4, 0.5) is 0 Å². The van der Waals surface area contributed by atoms with E-state index in [2.05, 4.69) is 30.2 Å².